The largest absolute Gasteiger partial charge is 0.399 e. The monoisotopic (exact) mass is 181 g/mol. The van der Waals surface area contributed by atoms with Gasteiger partial charge in [0.2, 0.25) is 0 Å². The van der Waals surface area contributed by atoms with Crippen LogP contribution in [0.15, 0.2) is 24.3 Å². The molecule has 1 rings (SSSR count). The molecule has 3 nitrogen and oxygen atoms in total. The Bertz CT molecular complexity index is 246. The molecule has 1 unspecified atom stereocenters. The minimum atomic E-state index is -0.613. The molecule has 3 heteroatoms. The van der Waals surface area contributed by atoms with E-state index in [1.54, 1.807) is 0 Å². The quantitative estimate of drug-likeness (QED) is 0.594. The summed E-state index contributed by atoms with van der Waals surface area (Å²) in [4.78, 5) is 0. The average molecular weight is 181 g/mol. The van der Waals surface area contributed by atoms with Gasteiger partial charge in [-0.15, -0.1) is 0 Å². The third kappa shape index (κ3) is 3.44. The van der Waals surface area contributed by atoms with Gasteiger partial charge in [0.1, 0.15) is 0 Å². The van der Waals surface area contributed by atoms with E-state index >= 15 is 0 Å². The molecule has 1 aromatic rings. The third-order valence-corrected chi connectivity index (χ3v) is 1.96. The molecule has 0 saturated heterocycles. The lowest BCUT2D eigenvalue weighted by Crippen LogP contribution is -2.12. The molecule has 0 amide bonds. The summed E-state index contributed by atoms with van der Waals surface area (Å²) >= 11 is 0. The second kappa shape index (κ2) is 4.84. The fourth-order valence-corrected chi connectivity index (χ4v) is 1.11. The highest BCUT2D eigenvalue weighted by Crippen LogP contribution is 2.08. The molecule has 0 heterocycles. The Kier molecular flexibility index (Phi) is 3.73. The van der Waals surface area contributed by atoms with Gasteiger partial charge in [-0.3, -0.25) is 0 Å². The van der Waals surface area contributed by atoms with Crippen LogP contribution in [0.3, 0.4) is 0 Å². The highest BCUT2D eigenvalue weighted by Gasteiger charge is 2.01. The van der Waals surface area contributed by atoms with Crippen LogP contribution in [-0.4, -0.2) is 22.9 Å². The molecule has 0 spiro atoms. The summed E-state index contributed by atoms with van der Waals surface area (Å²) < 4.78 is 0. The van der Waals surface area contributed by atoms with Crippen molar-refractivity contribution in [1.82, 2.24) is 0 Å². The minimum Gasteiger partial charge on any atom is -0.399 e. The second-order valence-electron chi connectivity index (χ2n) is 3.12. The summed E-state index contributed by atoms with van der Waals surface area (Å²) in [6, 6.07) is 7.53. The molecule has 0 aromatic heterocycles. The lowest BCUT2D eigenvalue weighted by atomic mass is 10.1. The van der Waals surface area contributed by atoms with Crippen molar-refractivity contribution in [2.24, 2.45) is 0 Å². The number of rotatable bonds is 4. The fraction of sp³-hybridized carbons (Fsp3) is 0.400. The van der Waals surface area contributed by atoms with Crippen LogP contribution < -0.4 is 5.73 Å². The molecule has 0 aliphatic carbocycles. The minimum absolute atomic E-state index is 0.172. The zero-order valence-electron chi connectivity index (χ0n) is 7.48. The van der Waals surface area contributed by atoms with E-state index in [4.69, 9.17) is 15.9 Å². The molecular weight excluding hydrogens is 166 g/mol. The summed E-state index contributed by atoms with van der Waals surface area (Å²) in [7, 11) is 0. The Morgan fingerprint density at radius 3 is 2.38 bits per heavy atom. The van der Waals surface area contributed by atoms with E-state index in [1.807, 2.05) is 24.3 Å². The Balaban J connectivity index is 2.41. The van der Waals surface area contributed by atoms with E-state index in [0.717, 1.165) is 17.7 Å². The zero-order chi connectivity index (χ0) is 9.68. The first-order valence-corrected chi connectivity index (χ1v) is 4.35. The molecule has 1 atom stereocenters. The van der Waals surface area contributed by atoms with Gasteiger partial charge in [-0.2, -0.15) is 0 Å². The van der Waals surface area contributed by atoms with Gasteiger partial charge in [0.05, 0.1) is 12.7 Å². The molecule has 0 aliphatic heterocycles. The van der Waals surface area contributed by atoms with Gasteiger partial charge in [-0.25, -0.2) is 0 Å². The van der Waals surface area contributed by atoms with Crippen molar-refractivity contribution in [3.63, 3.8) is 0 Å². The van der Waals surface area contributed by atoms with E-state index in [1.165, 1.54) is 0 Å². The maximum absolute atomic E-state index is 9.10. The number of aryl methyl sites for hydroxylation is 1. The van der Waals surface area contributed by atoms with Crippen molar-refractivity contribution in [2.75, 3.05) is 12.3 Å². The van der Waals surface area contributed by atoms with Gasteiger partial charge in [0, 0.05) is 5.69 Å². The van der Waals surface area contributed by atoms with Crippen molar-refractivity contribution in [2.45, 2.75) is 18.9 Å². The highest BCUT2D eigenvalue weighted by molar-refractivity contribution is 5.39. The Labute approximate surface area is 77.8 Å². The van der Waals surface area contributed by atoms with Gasteiger partial charge in [0.15, 0.2) is 0 Å². The Hall–Kier alpha value is -1.06. The lowest BCUT2D eigenvalue weighted by Gasteiger charge is -2.06. The van der Waals surface area contributed by atoms with Crippen LogP contribution in [0.1, 0.15) is 12.0 Å². The maximum atomic E-state index is 9.10. The van der Waals surface area contributed by atoms with Gasteiger partial charge in [-0.05, 0) is 30.5 Å². The number of aliphatic hydroxyl groups excluding tert-OH is 2. The van der Waals surface area contributed by atoms with Crippen LogP contribution in [0.4, 0.5) is 5.69 Å². The fourth-order valence-electron chi connectivity index (χ4n) is 1.11. The zero-order valence-corrected chi connectivity index (χ0v) is 7.48. The molecule has 0 aliphatic rings. The van der Waals surface area contributed by atoms with Gasteiger partial charge < -0.3 is 15.9 Å². The topological polar surface area (TPSA) is 66.5 Å². The summed E-state index contributed by atoms with van der Waals surface area (Å²) in [6.07, 6.45) is 0.736. The van der Waals surface area contributed by atoms with Crippen LogP contribution in [0.5, 0.6) is 0 Å². The van der Waals surface area contributed by atoms with Crippen LogP contribution in [0, 0.1) is 0 Å². The van der Waals surface area contributed by atoms with Gasteiger partial charge in [-0.1, -0.05) is 12.1 Å². The van der Waals surface area contributed by atoms with E-state index < -0.39 is 6.10 Å². The summed E-state index contributed by atoms with van der Waals surface area (Å²) in [6.45, 7) is -0.172. The van der Waals surface area contributed by atoms with E-state index in [0.29, 0.717) is 6.42 Å². The van der Waals surface area contributed by atoms with Crippen LogP contribution >= 0.6 is 0 Å². The predicted octanol–water partition coefficient (Wildman–Crippen LogP) is 0.555. The van der Waals surface area contributed by atoms with E-state index in [2.05, 4.69) is 0 Å². The molecule has 0 radical (unpaired) electrons. The van der Waals surface area contributed by atoms with Crippen molar-refractivity contribution in [3.8, 4) is 0 Å². The highest BCUT2D eigenvalue weighted by atomic mass is 16.3. The standard InChI is InChI=1S/C10H15NO2/c11-9-4-1-8(2-5-9)3-6-10(13)7-12/h1-2,4-5,10,12-13H,3,6-7,11H2. The van der Waals surface area contributed by atoms with Crippen molar-refractivity contribution < 1.29 is 10.2 Å². The first-order valence-electron chi connectivity index (χ1n) is 4.35. The summed E-state index contributed by atoms with van der Waals surface area (Å²) in [5.41, 5.74) is 7.39. The van der Waals surface area contributed by atoms with Gasteiger partial charge in [0.25, 0.3) is 0 Å². The Morgan fingerprint density at radius 1 is 1.23 bits per heavy atom. The second-order valence-corrected chi connectivity index (χ2v) is 3.12. The maximum Gasteiger partial charge on any atom is 0.0774 e. The number of hydrogen-bond acceptors (Lipinski definition) is 3. The number of benzene rings is 1. The molecule has 0 fully saturated rings. The van der Waals surface area contributed by atoms with E-state index in [9.17, 15) is 0 Å². The summed E-state index contributed by atoms with van der Waals surface area (Å²) in [5.74, 6) is 0. The molecule has 0 bridgehead atoms. The molecule has 4 N–H and O–H groups in total. The van der Waals surface area contributed by atoms with Crippen LogP contribution in [-0.2, 0) is 6.42 Å². The summed E-state index contributed by atoms with van der Waals surface area (Å²) in [5, 5.41) is 17.7. The SMILES string of the molecule is Nc1ccc(CCC(O)CO)cc1. The number of hydrogen-bond donors (Lipinski definition) is 3. The molecular formula is C10H15NO2. The molecule has 0 saturated carbocycles. The molecule has 72 valence electrons. The molecule has 1 aromatic carbocycles. The van der Waals surface area contributed by atoms with Crippen molar-refractivity contribution in [1.29, 1.82) is 0 Å². The third-order valence-electron chi connectivity index (χ3n) is 1.96. The smallest absolute Gasteiger partial charge is 0.0774 e. The Morgan fingerprint density at radius 2 is 1.85 bits per heavy atom. The van der Waals surface area contributed by atoms with Gasteiger partial charge >= 0.3 is 0 Å². The number of aliphatic hydroxyl groups is 2. The first kappa shape index (κ1) is 10.0. The average Bonchev–Trinajstić information content (AvgIpc) is 2.16. The van der Waals surface area contributed by atoms with Crippen LogP contribution in [0.2, 0.25) is 0 Å². The number of anilines is 1. The molecule has 13 heavy (non-hydrogen) atoms. The lowest BCUT2D eigenvalue weighted by molar-refractivity contribution is 0.0886. The van der Waals surface area contributed by atoms with E-state index in [-0.39, 0.29) is 6.61 Å². The van der Waals surface area contributed by atoms with Crippen LogP contribution in [0.25, 0.3) is 0 Å². The first-order chi connectivity index (χ1) is 6.22. The number of nitrogens with two attached hydrogens (primary N) is 1. The van der Waals surface area contributed by atoms with Crippen molar-refractivity contribution >= 4 is 5.69 Å². The predicted molar refractivity (Wildman–Crippen MR) is 52.3 cm³/mol. The normalized spacial score (nSPS) is 12.8. The number of nitrogen functional groups attached to an aromatic ring is 1. The van der Waals surface area contributed by atoms with Crippen molar-refractivity contribution in [3.05, 3.63) is 29.8 Å².